The topological polar surface area (TPSA) is 58.1 Å². The molecule has 0 spiro atoms. The molecule has 1 heterocycles. The predicted octanol–water partition coefficient (Wildman–Crippen LogP) is 5.77. The van der Waals surface area contributed by atoms with Gasteiger partial charge in [-0.2, -0.15) is 0 Å². The van der Waals surface area contributed by atoms with Crippen molar-refractivity contribution in [2.75, 3.05) is 10.6 Å². The van der Waals surface area contributed by atoms with Crippen molar-refractivity contribution < 1.29 is 4.79 Å². The van der Waals surface area contributed by atoms with Crippen molar-refractivity contribution in [3.8, 4) is 0 Å². The number of carbonyl (C=O) groups is 1. The SMILES string of the molecule is Cn1ccc2cc(NC(=O)Nc3cccc(CNCc4ccccc4Cl)c3)ccc21. The Morgan fingerprint density at radius 1 is 0.900 bits per heavy atom. The Labute approximate surface area is 180 Å². The van der Waals surface area contributed by atoms with Crippen molar-refractivity contribution >= 4 is 39.9 Å². The molecule has 5 nitrogen and oxygen atoms in total. The van der Waals surface area contributed by atoms with Gasteiger partial charge in [-0.1, -0.05) is 41.9 Å². The number of halogens is 1. The van der Waals surface area contributed by atoms with Crippen LogP contribution in [0, 0.1) is 0 Å². The highest BCUT2D eigenvalue weighted by molar-refractivity contribution is 6.31. The van der Waals surface area contributed by atoms with Gasteiger partial charge in [-0.25, -0.2) is 4.79 Å². The lowest BCUT2D eigenvalue weighted by molar-refractivity contribution is 0.262. The van der Waals surface area contributed by atoms with Crippen LogP contribution in [-0.2, 0) is 20.1 Å². The lowest BCUT2D eigenvalue weighted by atomic mass is 10.2. The fourth-order valence-electron chi connectivity index (χ4n) is 3.40. The molecule has 0 atom stereocenters. The number of nitrogens with one attached hydrogen (secondary N) is 3. The van der Waals surface area contributed by atoms with E-state index in [0.717, 1.165) is 38.4 Å². The molecular weight excluding hydrogens is 396 g/mol. The number of benzene rings is 3. The number of hydrogen-bond acceptors (Lipinski definition) is 2. The quantitative estimate of drug-likeness (QED) is 0.372. The van der Waals surface area contributed by atoms with Crippen molar-refractivity contribution in [1.29, 1.82) is 0 Å². The van der Waals surface area contributed by atoms with Crippen LogP contribution in [0.2, 0.25) is 5.02 Å². The summed E-state index contributed by atoms with van der Waals surface area (Å²) >= 11 is 6.19. The molecule has 0 aliphatic heterocycles. The van der Waals surface area contributed by atoms with Gasteiger partial charge in [0.1, 0.15) is 0 Å². The first kappa shape index (κ1) is 20.0. The zero-order chi connectivity index (χ0) is 20.9. The molecule has 0 bridgehead atoms. The minimum Gasteiger partial charge on any atom is -0.351 e. The molecule has 6 heteroatoms. The van der Waals surface area contributed by atoms with Gasteiger partial charge in [0.05, 0.1) is 0 Å². The lowest BCUT2D eigenvalue weighted by Crippen LogP contribution is -2.19. The highest BCUT2D eigenvalue weighted by Crippen LogP contribution is 2.20. The summed E-state index contributed by atoms with van der Waals surface area (Å²) in [7, 11) is 2.00. The Morgan fingerprint density at radius 2 is 1.70 bits per heavy atom. The van der Waals surface area contributed by atoms with Gasteiger partial charge in [0, 0.05) is 53.6 Å². The van der Waals surface area contributed by atoms with Crippen molar-refractivity contribution in [2.45, 2.75) is 13.1 Å². The molecule has 2 amide bonds. The van der Waals surface area contributed by atoms with E-state index in [2.05, 4.69) is 16.0 Å². The standard InChI is InChI=1S/C24H23ClN4O/c1-29-12-11-18-14-21(9-10-23(18)29)28-24(30)27-20-7-4-5-17(13-20)15-26-16-19-6-2-3-8-22(19)25/h2-14,26H,15-16H2,1H3,(H2,27,28,30). The predicted molar refractivity (Wildman–Crippen MR) is 124 cm³/mol. The van der Waals surface area contributed by atoms with Crippen LogP contribution < -0.4 is 16.0 Å². The molecular formula is C24H23ClN4O. The largest absolute Gasteiger partial charge is 0.351 e. The van der Waals surface area contributed by atoms with E-state index in [4.69, 9.17) is 11.6 Å². The van der Waals surface area contributed by atoms with Gasteiger partial charge in [-0.05, 0) is 53.6 Å². The van der Waals surface area contributed by atoms with Gasteiger partial charge in [0.25, 0.3) is 0 Å². The van der Waals surface area contributed by atoms with E-state index in [1.807, 2.05) is 90.6 Å². The minimum atomic E-state index is -0.272. The van der Waals surface area contributed by atoms with Crippen molar-refractivity contribution in [3.63, 3.8) is 0 Å². The Balaban J connectivity index is 1.33. The third-order valence-corrected chi connectivity index (χ3v) is 5.30. The number of fused-ring (bicyclic) bond motifs is 1. The van der Waals surface area contributed by atoms with E-state index < -0.39 is 0 Å². The van der Waals surface area contributed by atoms with Gasteiger partial charge < -0.3 is 20.5 Å². The van der Waals surface area contributed by atoms with Crippen LogP contribution in [0.5, 0.6) is 0 Å². The number of amides is 2. The number of urea groups is 1. The Bertz CT molecular complexity index is 1180. The monoisotopic (exact) mass is 418 g/mol. The Kier molecular flexibility index (Phi) is 6.02. The summed E-state index contributed by atoms with van der Waals surface area (Å²) in [5.41, 5.74) is 4.75. The first-order chi connectivity index (χ1) is 14.6. The molecule has 0 saturated heterocycles. The molecule has 0 unspecified atom stereocenters. The van der Waals surface area contributed by atoms with Gasteiger partial charge in [-0.3, -0.25) is 0 Å². The zero-order valence-electron chi connectivity index (χ0n) is 16.7. The van der Waals surface area contributed by atoms with Crippen LogP contribution in [0.15, 0.2) is 79.0 Å². The Morgan fingerprint density at radius 3 is 2.53 bits per heavy atom. The number of rotatable bonds is 6. The normalized spacial score (nSPS) is 10.9. The van der Waals surface area contributed by atoms with Crippen LogP contribution in [0.3, 0.4) is 0 Å². The fraction of sp³-hybridized carbons (Fsp3) is 0.125. The smallest absolute Gasteiger partial charge is 0.323 e. The van der Waals surface area contributed by atoms with Gasteiger partial charge >= 0.3 is 6.03 Å². The van der Waals surface area contributed by atoms with Crippen LogP contribution in [-0.4, -0.2) is 10.6 Å². The van der Waals surface area contributed by atoms with Crippen molar-refractivity contribution in [3.05, 3.63) is 95.1 Å². The van der Waals surface area contributed by atoms with Crippen molar-refractivity contribution in [2.24, 2.45) is 7.05 Å². The summed E-state index contributed by atoms with van der Waals surface area (Å²) in [6.07, 6.45) is 2.00. The summed E-state index contributed by atoms with van der Waals surface area (Å²) in [6, 6.07) is 23.2. The molecule has 4 rings (SSSR count). The van der Waals surface area contributed by atoms with E-state index in [0.29, 0.717) is 13.1 Å². The van der Waals surface area contributed by atoms with Crippen molar-refractivity contribution in [1.82, 2.24) is 9.88 Å². The number of hydrogen-bond donors (Lipinski definition) is 3. The molecule has 152 valence electrons. The second-order valence-electron chi connectivity index (χ2n) is 7.17. The van der Waals surface area contributed by atoms with E-state index in [-0.39, 0.29) is 6.03 Å². The molecule has 0 aliphatic carbocycles. The third-order valence-electron chi connectivity index (χ3n) is 4.93. The van der Waals surface area contributed by atoms with E-state index in [9.17, 15) is 4.79 Å². The minimum absolute atomic E-state index is 0.272. The maximum absolute atomic E-state index is 12.4. The Hall–Kier alpha value is -3.28. The number of aryl methyl sites for hydroxylation is 1. The van der Waals surface area contributed by atoms with Crippen LogP contribution in [0.4, 0.5) is 16.2 Å². The molecule has 0 radical (unpaired) electrons. The third kappa shape index (κ3) is 4.82. The molecule has 3 aromatic carbocycles. The molecule has 0 saturated carbocycles. The summed E-state index contributed by atoms with van der Waals surface area (Å²) in [4.78, 5) is 12.4. The van der Waals surface area contributed by atoms with Gasteiger partial charge in [0.2, 0.25) is 0 Å². The molecule has 1 aromatic heterocycles. The lowest BCUT2D eigenvalue weighted by Gasteiger charge is -2.10. The summed E-state index contributed by atoms with van der Waals surface area (Å²) in [6.45, 7) is 1.35. The molecule has 3 N–H and O–H groups in total. The highest BCUT2D eigenvalue weighted by atomic mass is 35.5. The van der Waals surface area contributed by atoms with Crippen LogP contribution in [0.1, 0.15) is 11.1 Å². The van der Waals surface area contributed by atoms with Gasteiger partial charge in [-0.15, -0.1) is 0 Å². The molecule has 30 heavy (non-hydrogen) atoms. The number of carbonyl (C=O) groups excluding carboxylic acids is 1. The second kappa shape index (κ2) is 9.03. The maximum Gasteiger partial charge on any atom is 0.323 e. The molecule has 4 aromatic rings. The van der Waals surface area contributed by atoms with E-state index in [1.165, 1.54) is 0 Å². The number of anilines is 2. The van der Waals surface area contributed by atoms with Crippen LogP contribution in [0.25, 0.3) is 10.9 Å². The summed E-state index contributed by atoms with van der Waals surface area (Å²) < 4.78 is 2.05. The summed E-state index contributed by atoms with van der Waals surface area (Å²) in [5.74, 6) is 0. The zero-order valence-corrected chi connectivity index (χ0v) is 17.4. The maximum atomic E-state index is 12.4. The average molecular weight is 419 g/mol. The summed E-state index contributed by atoms with van der Waals surface area (Å²) in [5, 5.41) is 11.0. The molecule has 0 aliphatic rings. The first-order valence-electron chi connectivity index (χ1n) is 9.75. The fourth-order valence-corrected chi connectivity index (χ4v) is 3.60. The first-order valence-corrected chi connectivity index (χ1v) is 10.1. The van der Waals surface area contributed by atoms with E-state index >= 15 is 0 Å². The highest BCUT2D eigenvalue weighted by Gasteiger charge is 2.06. The van der Waals surface area contributed by atoms with Crippen LogP contribution >= 0.6 is 11.6 Å². The van der Waals surface area contributed by atoms with E-state index in [1.54, 1.807) is 0 Å². The number of aromatic nitrogens is 1. The number of nitrogens with zero attached hydrogens (tertiary/aromatic N) is 1. The average Bonchev–Trinajstić information content (AvgIpc) is 3.10. The van der Waals surface area contributed by atoms with Gasteiger partial charge in [0.15, 0.2) is 0 Å². The second-order valence-corrected chi connectivity index (χ2v) is 7.58. The molecule has 0 fully saturated rings.